The molecule has 3 nitrogen and oxygen atoms in total. The number of hydrogen-bond acceptors (Lipinski definition) is 3. The number of nitrogens with one attached hydrogen (secondary N) is 1. The van der Waals surface area contributed by atoms with Crippen LogP contribution in [0.4, 0.5) is 4.39 Å². The maximum absolute atomic E-state index is 13.7. The summed E-state index contributed by atoms with van der Waals surface area (Å²) in [6.07, 6.45) is 0. The zero-order chi connectivity index (χ0) is 13.7. The summed E-state index contributed by atoms with van der Waals surface area (Å²) in [4.78, 5) is 11.5. The molecule has 0 aromatic heterocycles. The summed E-state index contributed by atoms with van der Waals surface area (Å²) < 4.78 is 19.3. The molecule has 0 aliphatic carbocycles. The lowest BCUT2D eigenvalue weighted by Gasteiger charge is -2.19. The first-order valence-corrected chi connectivity index (χ1v) is 6.62. The molecule has 0 fully saturated rings. The normalized spacial score (nSPS) is 14.1. The molecule has 1 aromatic rings. The third kappa shape index (κ3) is 4.07. The van der Waals surface area contributed by atoms with Gasteiger partial charge in [0.25, 0.3) is 0 Å². The van der Waals surface area contributed by atoms with Gasteiger partial charge in [-0.25, -0.2) is 4.39 Å². The van der Waals surface area contributed by atoms with Crippen LogP contribution in [0.1, 0.15) is 32.4 Å². The molecule has 5 heteroatoms. The van der Waals surface area contributed by atoms with E-state index < -0.39 is 6.04 Å². The standard InChI is InChI=1S/C13H17BrFNO2/c1-4-18-13(17)9(3)16-8(2)11-6-5-10(14)7-12(11)15/h5-9,16H,4H2,1-3H3. The molecule has 2 atom stereocenters. The minimum Gasteiger partial charge on any atom is -0.465 e. The quantitative estimate of drug-likeness (QED) is 0.848. The van der Waals surface area contributed by atoms with Crippen LogP contribution >= 0.6 is 15.9 Å². The van der Waals surface area contributed by atoms with Crippen molar-refractivity contribution in [3.05, 3.63) is 34.1 Å². The highest BCUT2D eigenvalue weighted by Gasteiger charge is 2.19. The van der Waals surface area contributed by atoms with E-state index in [1.165, 1.54) is 6.07 Å². The molecule has 0 aliphatic heterocycles. The first-order chi connectivity index (χ1) is 8.45. The van der Waals surface area contributed by atoms with Crippen molar-refractivity contribution in [2.75, 3.05) is 6.61 Å². The van der Waals surface area contributed by atoms with E-state index in [1.54, 1.807) is 26.0 Å². The SMILES string of the molecule is CCOC(=O)C(C)NC(C)c1ccc(Br)cc1F. The zero-order valence-corrected chi connectivity index (χ0v) is 12.3. The van der Waals surface area contributed by atoms with Gasteiger partial charge in [0.15, 0.2) is 0 Å². The summed E-state index contributed by atoms with van der Waals surface area (Å²) in [6.45, 7) is 5.60. The molecule has 0 saturated carbocycles. The summed E-state index contributed by atoms with van der Waals surface area (Å²) in [5, 5.41) is 3.01. The summed E-state index contributed by atoms with van der Waals surface area (Å²) >= 11 is 3.21. The van der Waals surface area contributed by atoms with E-state index in [4.69, 9.17) is 4.74 Å². The fourth-order valence-electron chi connectivity index (χ4n) is 1.65. The van der Waals surface area contributed by atoms with Crippen molar-refractivity contribution >= 4 is 21.9 Å². The third-order valence-corrected chi connectivity index (χ3v) is 3.06. The molecule has 100 valence electrons. The fourth-order valence-corrected chi connectivity index (χ4v) is 1.99. The molecule has 1 N–H and O–H groups in total. The van der Waals surface area contributed by atoms with Crippen molar-refractivity contribution in [1.82, 2.24) is 5.32 Å². The Labute approximate surface area is 115 Å². The monoisotopic (exact) mass is 317 g/mol. The van der Waals surface area contributed by atoms with Crippen LogP contribution in [0.2, 0.25) is 0 Å². The third-order valence-electron chi connectivity index (χ3n) is 2.57. The minimum absolute atomic E-state index is 0.266. The van der Waals surface area contributed by atoms with Gasteiger partial charge in [-0.05, 0) is 32.9 Å². The number of rotatable bonds is 5. The highest BCUT2D eigenvalue weighted by atomic mass is 79.9. The van der Waals surface area contributed by atoms with Crippen LogP contribution in [-0.2, 0) is 9.53 Å². The van der Waals surface area contributed by atoms with Crippen LogP contribution in [-0.4, -0.2) is 18.6 Å². The predicted molar refractivity (Wildman–Crippen MR) is 71.7 cm³/mol. The van der Waals surface area contributed by atoms with Crippen LogP contribution in [0.25, 0.3) is 0 Å². The average molecular weight is 318 g/mol. The number of carbonyl (C=O) groups excluding carboxylic acids is 1. The summed E-state index contributed by atoms with van der Waals surface area (Å²) in [5.41, 5.74) is 0.523. The number of carbonyl (C=O) groups is 1. The Morgan fingerprint density at radius 2 is 2.17 bits per heavy atom. The minimum atomic E-state index is -0.469. The lowest BCUT2D eigenvalue weighted by Crippen LogP contribution is -2.37. The van der Waals surface area contributed by atoms with Gasteiger partial charge < -0.3 is 4.74 Å². The second kappa shape index (κ2) is 6.85. The first-order valence-electron chi connectivity index (χ1n) is 5.83. The Morgan fingerprint density at radius 3 is 2.72 bits per heavy atom. The topological polar surface area (TPSA) is 38.3 Å². The molecule has 0 saturated heterocycles. The van der Waals surface area contributed by atoms with Crippen molar-refractivity contribution in [1.29, 1.82) is 0 Å². The lowest BCUT2D eigenvalue weighted by atomic mass is 10.1. The number of esters is 1. The maximum Gasteiger partial charge on any atom is 0.322 e. The van der Waals surface area contributed by atoms with Crippen LogP contribution < -0.4 is 5.32 Å². The van der Waals surface area contributed by atoms with E-state index in [9.17, 15) is 9.18 Å². The molecule has 2 unspecified atom stereocenters. The maximum atomic E-state index is 13.7. The zero-order valence-electron chi connectivity index (χ0n) is 10.7. The van der Waals surface area contributed by atoms with Crippen molar-refractivity contribution < 1.29 is 13.9 Å². The average Bonchev–Trinajstić information content (AvgIpc) is 2.28. The summed E-state index contributed by atoms with van der Waals surface area (Å²) in [7, 11) is 0. The van der Waals surface area contributed by atoms with Gasteiger partial charge in [-0.2, -0.15) is 0 Å². The van der Waals surface area contributed by atoms with Crippen molar-refractivity contribution in [2.24, 2.45) is 0 Å². The Morgan fingerprint density at radius 1 is 1.50 bits per heavy atom. The van der Waals surface area contributed by atoms with Gasteiger partial charge in [-0.1, -0.05) is 22.0 Å². The van der Waals surface area contributed by atoms with Gasteiger partial charge >= 0.3 is 5.97 Å². The fraction of sp³-hybridized carbons (Fsp3) is 0.462. The van der Waals surface area contributed by atoms with Crippen LogP contribution in [0.3, 0.4) is 0 Å². The molecule has 0 radical (unpaired) electrons. The van der Waals surface area contributed by atoms with Crippen LogP contribution in [0.15, 0.2) is 22.7 Å². The second-order valence-electron chi connectivity index (χ2n) is 4.03. The van der Waals surface area contributed by atoms with Crippen LogP contribution in [0, 0.1) is 5.82 Å². The van der Waals surface area contributed by atoms with Gasteiger partial charge in [0, 0.05) is 16.1 Å². The van der Waals surface area contributed by atoms with E-state index in [-0.39, 0.29) is 17.8 Å². The summed E-state index contributed by atoms with van der Waals surface area (Å²) in [5.74, 6) is -0.637. The highest BCUT2D eigenvalue weighted by molar-refractivity contribution is 9.10. The summed E-state index contributed by atoms with van der Waals surface area (Å²) in [6, 6.07) is 4.13. The Bertz CT molecular complexity index is 425. The van der Waals surface area contributed by atoms with Crippen LogP contribution in [0.5, 0.6) is 0 Å². The molecule has 0 heterocycles. The number of benzene rings is 1. The smallest absolute Gasteiger partial charge is 0.322 e. The van der Waals surface area contributed by atoms with Gasteiger partial charge in [0.2, 0.25) is 0 Å². The second-order valence-corrected chi connectivity index (χ2v) is 4.94. The molecular weight excluding hydrogens is 301 g/mol. The highest BCUT2D eigenvalue weighted by Crippen LogP contribution is 2.21. The van der Waals surface area contributed by atoms with Crippen molar-refractivity contribution in [3.8, 4) is 0 Å². The Kier molecular flexibility index (Phi) is 5.75. The molecule has 0 amide bonds. The van der Waals surface area contributed by atoms with Crippen molar-refractivity contribution in [2.45, 2.75) is 32.9 Å². The molecule has 0 spiro atoms. The molecule has 0 aliphatic rings. The van der Waals surface area contributed by atoms with E-state index in [0.717, 1.165) is 0 Å². The van der Waals surface area contributed by atoms with Gasteiger partial charge in [-0.3, -0.25) is 10.1 Å². The molecule has 0 bridgehead atoms. The largest absolute Gasteiger partial charge is 0.465 e. The van der Waals surface area contributed by atoms with E-state index >= 15 is 0 Å². The van der Waals surface area contributed by atoms with E-state index in [0.29, 0.717) is 16.6 Å². The first kappa shape index (κ1) is 15.1. The van der Waals surface area contributed by atoms with Gasteiger partial charge in [0.1, 0.15) is 11.9 Å². The molecular formula is C13H17BrFNO2. The molecule has 1 aromatic carbocycles. The van der Waals surface area contributed by atoms with Gasteiger partial charge in [0.05, 0.1) is 6.61 Å². The number of ether oxygens (including phenoxy) is 1. The predicted octanol–water partition coefficient (Wildman–Crippen LogP) is 3.19. The number of halogens is 2. The lowest BCUT2D eigenvalue weighted by molar-refractivity contribution is -0.145. The van der Waals surface area contributed by atoms with Crippen molar-refractivity contribution in [3.63, 3.8) is 0 Å². The Hall–Kier alpha value is -0.940. The van der Waals surface area contributed by atoms with Gasteiger partial charge in [-0.15, -0.1) is 0 Å². The van der Waals surface area contributed by atoms with E-state index in [2.05, 4.69) is 21.2 Å². The molecule has 18 heavy (non-hydrogen) atoms. The number of hydrogen-bond donors (Lipinski definition) is 1. The van der Waals surface area contributed by atoms with E-state index in [1.807, 2.05) is 6.92 Å². The Balaban J connectivity index is 2.70. The molecule has 1 rings (SSSR count).